The van der Waals surface area contributed by atoms with Crippen molar-refractivity contribution in [2.75, 3.05) is 0 Å². The van der Waals surface area contributed by atoms with Crippen LogP contribution in [0.15, 0.2) is 35.7 Å². The molecule has 1 aromatic carbocycles. The number of hydrogen-bond acceptors (Lipinski definition) is 3. The van der Waals surface area contributed by atoms with Crippen LogP contribution in [0.1, 0.15) is 18.9 Å². The lowest BCUT2D eigenvalue weighted by Crippen LogP contribution is -2.37. The van der Waals surface area contributed by atoms with Crippen LogP contribution in [0, 0.1) is 6.92 Å². The largest absolute Gasteiger partial charge is 0.336 e. The average molecular weight is 362 g/mol. The van der Waals surface area contributed by atoms with Crippen LogP contribution in [0.2, 0.25) is 10.0 Å². The quantitative estimate of drug-likeness (QED) is 0.858. The summed E-state index contributed by atoms with van der Waals surface area (Å²) in [6.45, 7) is 4.10. The molecule has 2 aromatic rings. The highest BCUT2D eigenvalue weighted by Crippen LogP contribution is 2.30. The zero-order valence-corrected chi connectivity index (χ0v) is 14.6. The lowest BCUT2D eigenvalue weighted by molar-refractivity contribution is 0.485. The van der Waals surface area contributed by atoms with Crippen molar-refractivity contribution in [1.29, 1.82) is 0 Å². The van der Waals surface area contributed by atoms with Gasteiger partial charge < -0.3 is 4.57 Å². The Morgan fingerprint density at radius 2 is 2.09 bits per heavy atom. The summed E-state index contributed by atoms with van der Waals surface area (Å²) in [5, 5.41) is 0.590. The summed E-state index contributed by atoms with van der Waals surface area (Å²) in [6, 6.07) is 2.70. The number of halogens is 2. The van der Waals surface area contributed by atoms with Gasteiger partial charge in [-0.2, -0.15) is 0 Å². The lowest BCUT2D eigenvalue weighted by atomic mass is 10.2. The Kier molecular flexibility index (Phi) is 5.50. The fourth-order valence-corrected chi connectivity index (χ4v) is 4.14. The molecule has 0 saturated heterocycles. The Balaban J connectivity index is 2.24. The average Bonchev–Trinajstić information content (AvgIpc) is 2.96. The molecule has 0 unspecified atom stereocenters. The molecule has 1 atom stereocenters. The highest BCUT2D eigenvalue weighted by atomic mass is 35.5. The molecule has 120 valence electrons. The van der Waals surface area contributed by atoms with Crippen LogP contribution < -0.4 is 4.72 Å². The van der Waals surface area contributed by atoms with Crippen LogP contribution in [0.3, 0.4) is 0 Å². The fourth-order valence-electron chi connectivity index (χ4n) is 2.03. The van der Waals surface area contributed by atoms with Gasteiger partial charge in [-0.3, -0.25) is 0 Å². The molecule has 0 fully saturated rings. The van der Waals surface area contributed by atoms with Gasteiger partial charge in [0.2, 0.25) is 10.0 Å². The zero-order chi connectivity index (χ0) is 16.3. The third-order valence-corrected chi connectivity index (χ3v) is 5.95. The van der Waals surface area contributed by atoms with Crippen LogP contribution in [0.25, 0.3) is 0 Å². The van der Waals surface area contributed by atoms with Crippen molar-refractivity contribution in [1.82, 2.24) is 14.3 Å². The molecule has 2 rings (SSSR count). The molecule has 22 heavy (non-hydrogen) atoms. The van der Waals surface area contributed by atoms with E-state index in [9.17, 15) is 8.42 Å². The second-order valence-electron chi connectivity index (χ2n) is 4.97. The summed E-state index contributed by atoms with van der Waals surface area (Å²) in [4.78, 5) is 3.99. The summed E-state index contributed by atoms with van der Waals surface area (Å²) in [7, 11) is -3.72. The Hall–Kier alpha value is -1.08. The zero-order valence-electron chi connectivity index (χ0n) is 12.3. The van der Waals surface area contributed by atoms with Gasteiger partial charge in [0, 0.05) is 30.0 Å². The van der Waals surface area contributed by atoms with Crippen LogP contribution in [0.5, 0.6) is 0 Å². The molecule has 0 radical (unpaired) electrons. The van der Waals surface area contributed by atoms with Gasteiger partial charge in [0.1, 0.15) is 4.90 Å². The number of sulfonamides is 1. The van der Waals surface area contributed by atoms with Crippen molar-refractivity contribution >= 4 is 33.2 Å². The second-order valence-corrected chi connectivity index (χ2v) is 7.44. The van der Waals surface area contributed by atoms with E-state index in [2.05, 4.69) is 9.71 Å². The molecule has 0 amide bonds. The van der Waals surface area contributed by atoms with Crippen LogP contribution in [-0.2, 0) is 16.6 Å². The third kappa shape index (κ3) is 3.81. The minimum absolute atomic E-state index is 0.0418. The van der Waals surface area contributed by atoms with Gasteiger partial charge in [-0.25, -0.2) is 18.1 Å². The first-order chi connectivity index (χ1) is 10.3. The predicted molar refractivity (Wildman–Crippen MR) is 87.8 cm³/mol. The summed E-state index contributed by atoms with van der Waals surface area (Å²) in [5.74, 6) is 0. The Bertz CT molecular complexity index is 746. The first kappa shape index (κ1) is 17.3. The maximum atomic E-state index is 12.6. The highest BCUT2D eigenvalue weighted by molar-refractivity contribution is 7.89. The van der Waals surface area contributed by atoms with E-state index in [1.165, 1.54) is 12.1 Å². The van der Waals surface area contributed by atoms with Gasteiger partial charge >= 0.3 is 0 Å². The molecular weight excluding hydrogens is 345 g/mol. The summed E-state index contributed by atoms with van der Waals surface area (Å²) in [5.41, 5.74) is 0.550. The van der Waals surface area contributed by atoms with E-state index >= 15 is 0 Å². The van der Waals surface area contributed by atoms with E-state index in [0.29, 0.717) is 23.6 Å². The van der Waals surface area contributed by atoms with Crippen molar-refractivity contribution < 1.29 is 8.42 Å². The molecule has 0 spiro atoms. The van der Waals surface area contributed by atoms with Crippen molar-refractivity contribution in [3.8, 4) is 0 Å². The van der Waals surface area contributed by atoms with Crippen molar-refractivity contribution in [3.63, 3.8) is 0 Å². The number of rotatable bonds is 6. The van der Waals surface area contributed by atoms with E-state index in [0.717, 1.165) is 0 Å². The van der Waals surface area contributed by atoms with Gasteiger partial charge in [-0.1, -0.05) is 30.1 Å². The summed E-state index contributed by atoms with van der Waals surface area (Å²) in [6.07, 6.45) is 5.73. The summed E-state index contributed by atoms with van der Waals surface area (Å²) >= 11 is 12.1. The standard InChI is InChI=1S/C14H17Cl2N3O2S/c1-3-11(8-19-7-6-17-9-19)18-22(20,21)13-5-4-12(15)10(2)14(13)16/h4-7,9,11,18H,3,8H2,1-2H3/t11-/m0/s1. The van der Waals surface area contributed by atoms with Gasteiger partial charge in [-0.05, 0) is 31.0 Å². The second kappa shape index (κ2) is 7.00. The number of hydrogen-bond donors (Lipinski definition) is 1. The topological polar surface area (TPSA) is 64.0 Å². The highest BCUT2D eigenvalue weighted by Gasteiger charge is 2.23. The predicted octanol–water partition coefficient (Wildman–Crippen LogP) is 3.26. The minimum atomic E-state index is -3.72. The summed E-state index contributed by atoms with van der Waals surface area (Å²) < 4.78 is 29.6. The maximum Gasteiger partial charge on any atom is 0.242 e. The van der Waals surface area contributed by atoms with Crippen LogP contribution in [-0.4, -0.2) is 24.0 Å². The fraction of sp³-hybridized carbons (Fsp3) is 0.357. The molecular formula is C14H17Cl2N3O2S. The maximum absolute atomic E-state index is 12.6. The van der Waals surface area contributed by atoms with E-state index in [4.69, 9.17) is 23.2 Å². The van der Waals surface area contributed by atoms with Crippen LogP contribution in [0.4, 0.5) is 0 Å². The van der Waals surface area contributed by atoms with Crippen molar-refractivity contribution in [2.24, 2.45) is 0 Å². The van der Waals surface area contributed by atoms with Crippen LogP contribution >= 0.6 is 23.2 Å². The SMILES string of the molecule is CC[C@@H](Cn1ccnc1)NS(=O)(=O)c1ccc(Cl)c(C)c1Cl. The number of imidazole rings is 1. The molecule has 1 aromatic heterocycles. The number of benzene rings is 1. The molecule has 0 aliphatic rings. The Morgan fingerprint density at radius 1 is 1.36 bits per heavy atom. The van der Waals surface area contributed by atoms with Crippen molar-refractivity contribution in [2.45, 2.75) is 37.8 Å². The van der Waals surface area contributed by atoms with E-state index in [1.54, 1.807) is 25.6 Å². The number of nitrogens with zero attached hydrogens (tertiary/aromatic N) is 2. The van der Waals surface area contributed by atoms with Crippen molar-refractivity contribution in [3.05, 3.63) is 46.5 Å². The van der Waals surface area contributed by atoms with Gasteiger partial charge in [0.15, 0.2) is 0 Å². The molecule has 5 nitrogen and oxygen atoms in total. The first-order valence-corrected chi connectivity index (χ1v) is 9.01. The minimum Gasteiger partial charge on any atom is -0.336 e. The van der Waals surface area contributed by atoms with E-state index in [-0.39, 0.29) is 16.0 Å². The monoisotopic (exact) mass is 361 g/mol. The lowest BCUT2D eigenvalue weighted by Gasteiger charge is -2.18. The molecule has 1 N–H and O–H groups in total. The first-order valence-electron chi connectivity index (χ1n) is 6.77. The molecule has 0 saturated carbocycles. The number of nitrogens with one attached hydrogen (secondary N) is 1. The van der Waals surface area contributed by atoms with Gasteiger partial charge in [0.25, 0.3) is 0 Å². The Labute approximate surface area is 140 Å². The smallest absolute Gasteiger partial charge is 0.242 e. The third-order valence-electron chi connectivity index (χ3n) is 3.38. The Morgan fingerprint density at radius 3 is 2.68 bits per heavy atom. The normalized spacial score (nSPS) is 13.3. The molecule has 8 heteroatoms. The number of aromatic nitrogens is 2. The molecule has 0 bridgehead atoms. The van der Waals surface area contributed by atoms with E-state index in [1.807, 2.05) is 11.5 Å². The molecule has 0 aliphatic carbocycles. The van der Waals surface area contributed by atoms with Gasteiger partial charge in [-0.15, -0.1) is 0 Å². The van der Waals surface area contributed by atoms with Gasteiger partial charge in [0.05, 0.1) is 11.3 Å². The molecule has 1 heterocycles. The molecule has 0 aliphatic heterocycles. The van der Waals surface area contributed by atoms with E-state index < -0.39 is 10.0 Å².